The summed E-state index contributed by atoms with van der Waals surface area (Å²) in [5.74, 6) is 0.0498. The van der Waals surface area contributed by atoms with Crippen molar-refractivity contribution in [1.82, 2.24) is 10.0 Å². The second-order valence-corrected chi connectivity index (χ2v) is 7.77. The standard InChI is InChI=1S/C16H27N3O3S.ClH/c1-4-5-15(17)16(20)18-11-13-6-8-14(9-7-13)23(21,22)19-10-12(2)3;/h6-9,12,15,19H,4-5,10-11,17H2,1-3H3,(H,18,20);1H. The Bertz CT molecular complexity index is 603. The molecule has 1 unspecified atom stereocenters. The molecule has 1 atom stereocenters. The molecule has 0 saturated carbocycles. The van der Waals surface area contributed by atoms with Crippen LogP contribution in [0.3, 0.4) is 0 Å². The molecule has 1 aromatic carbocycles. The highest BCUT2D eigenvalue weighted by Crippen LogP contribution is 2.11. The van der Waals surface area contributed by atoms with Crippen molar-refractivity contribution in [2.45, 2.75) is 51.1 Å². The molecule has 0 aliphatic heterocycles. The number of amides is 1. The number of sulfonamides is 1. The summed E-state index contributed by atoms with van der Waals surface area (Å²) in [6, 6.07) is 5.96. The topological polar surface area (TPSA) is 101 Å². The van der Waals surface area contributed by atoms with Gasteiger partial charge in [-0.3, -0.25) is 4.79 Å². The number of benzene rings is 1. The van der Waals surface area contributed by atoms with E-state index < -0.39 is 16.1 Å². The molecule has 0 aromatic heterocycles. The zero-order valence-electron chi connectivity index (χ0n) is 14.4. The van der Waals surface area contributed by atoms with Crippen molar-refractivity contribution in [3.05, 3.63) is 29.8 Å². The fraction of sp³-hybridized carbons (Fsp3) is 0.562. The second-order valence-electron chi connectivity index (χ2n) is 6.00. The molecule has 8 heteroatoms. The van der Waals surface area contributed by atoms with Gasteiger partial charge in [-0.2, -0.15) is 0 Å². The average molecular weight is 378 g/mol. The summed E-state index contributed by atoms with van der Waals surface area (Å²) in [5, 5.41) is 2.75. The largest absolute Gasteiger partial charge is 0.351 e. The number of halogens is 1. The molecule has 0 aliphatic carbocycles. The van der Waals surface area contributed by atoms with Crippen LogP contribution in [0.2, 0.25) is 0 Å². The molecule has 24 heavy (non-hydrogen) atoms. The summed E-state index contributed by atoms with van der Waals surface area (Å²) in [6.45, 7) is 6.58. The number of nitrogens with two attached hydrogens (primary N) is 1. The van der Waals surface area contributed by atoms with E-state index in [2.05, 4.69) is 10.0 Å². The summed E-state index contributed by atoms with van der Waals surface area (Å²) in [7, 11) is -3.48. The maximum atomic E-state index is 12.1. The Balaban J connectivity index is 0.00000529. The number of hydrogen-bond donors (Lipinski definition) is 3. The maximum Gasteiger partial charge on any atom is 0.240 e. The van der Waals surface area contributed by atoms with Gasteiger partial charge in [0, 0.05) is 13.1 Å². The minimum atomic E-state index is -3.48. The Morgan fingerprint density at radius 1 is 1.21 bits per heavy atom. The Hall–Kier alpha value is -1.15. The number of hydrogen-bond acceptors (Lipinski definition) is 4. The Labute approximate surface area is 151 Å². The molecular formula is C16H28ClN3O3S. The fourth-order valence-electron chi connectivity index (χ4n) is 1.91. The van der Waals surface area contributed by atoms with Gasteiger partial charge in [-0.15, -0.1) is 12.4 Å². The van der Waals surface area contributed by atoms with Crippen LogP contribution in [0.5, 0.6) is 0 Å². The molecule has 1 aromatic rings. The van der Waals surface area contributed by atoms with E-state index in [0.717, 1.165) is 12.0 Å². The lowest BCUT2D eigenvalue weighted by Gasteiger charge is -2.12. The Kier molecular flexibility index (Phi) is 10.1. The first-order chi connectivity index (χ1) is 10.8. The average Bonchev–Trinajstić information content (AvgIpc) is 2.51. The van der Waals surface area contributed by atoms with Gasteiger partial charge in [0.1, 0.15) is 0 Å². The monoisotopic (exact) mass is 377 g/mol. The van der Waals surface area contributed by atoms with Crippen LogP contribution in [0.4, 0.5) is 0 Å². The van der Waals surface area contributed by atoms with Gasteiger partial charge in [-0.05, 0) is 30.0 Å². The molecule has 138 valence electrons. The summed E-state index contributed by atoms with van der Waals surface area (Å²) >= 11 is 0. The van der Waals surface area contributed by atoms with E-state index in [0.29, 0.717) is 19.5 Å². The molecule has 0 fully saturated rings. The van der Waals surface area contributed by atoms with Gasteiger partial charge < -0.3 is 11.1 Å². The lowest BCUT2D eigenvalue weighted by Crippen LogP contribution is -2.40. The van der Waals surface area contributed by atoms with Crippen LogP contribution in [-0.2, 0) is 21.4 Å². The van der Waals surface area contributed by atoms with Crippen LogP contribution in [0.15, 0.2) is 29.2 Å². The molecule has 0 aliphatic rings. The summed E-state index contributed by atoms with van der Waals surface area (Å²) < 4.78 is 26.7. The third-order valence-corrected chi connectivity index (χ3v) is 4.76. The van der Waals surface area contributed by atoms with E-state index in [9.17, 15) is 13.2 Å². The van der Waals surface area contributed by atoms with Crippen LogP contribution < -0.4 is 15.8 Å². The van der Waals surface area contributed by atoms with Gasteiger partial charge in [0.15, 0.2) is 0 Å². The van der Waals surface area contributed by atoms with Gasteiger partial charge in [-0.1, -0.05) is 39.3 Å². The van der Waals surface area contributed by atoms with E-state index in [1.807, 2.05) is 20.8 Å². The zero-order valence-corrected chi connectivity index (χ0v) is 16.0. The highest BCUT2D eigenvalue weighted by Gasteiger charge is 2.14. The molecule has 0 saturated heterocycles. The molecule has 1 rings (SSSR count). The van der Waals surface area contributed by atoms with Gasteiger partial charge in [-0.25, -0.2) is 13.1 Å². The van der Waals surface area contributed by atoms with Crippen molar-refractivity contribution < 1.29 is 13.2 Å². The van der Waals surface area contributed by atoms with Crippen LogP contribution >= 0.6 is 12.4 Å². The van der Waals surface area contributed by atoms with Gasteiger partial charge in [0.05, 0.1) is 10.9 Å². The molecule has 4 N–H and O–H groups in total. The van der Waals surface area contributed by atoms with E-state index in [1.54, 1.807) is 12.1 Å². The molecular weight excluding hydrogens is 350 g/mol. The lowest BCUT2D eigenvalue weighted by atomic mass is 10.1. The smallest absolute Gasteiger partial charge is 0.240 e. The van der Waals surface area contributed by atoms with E-state index in [4.69, 9.17) is 5.73 Å². The highest BCUT2D eigenvalue weighted by molar-refractivity contribution is 7.89. The Morgan fingerprint density at radius 3 is 2.29 bits per heavy atom. The Morgan fingerprint density at radius 2 is 1.79 bits per heavy atom. The van der Waals surface area contributed by atoms with E-state index >= 15 is 0 Å². The zero-order chi connectivity index (χ0) is 17.5. The molecule has 0 spiro atoms. The summed E-state index contributed by atoms with van der Waals surface area (Å²) in [4.78, 5) is 12.0. The first-order valence-corrected chi connectivity index (χ1v) is 9.36. The van der Waals surface area contributed by atoms with Crippen LogP contribution in [0, 0.1) is 5.92 Å². The first kappa shape index (κ1) is 22.9. The van der Waals surface area contributed by atoms with Crippen molar-refractivity contribution >= 4 is 28.3 Å². The summed E-state index contributed by atoms with van der Waals surface area (Å²) in [5.41, 5.74) is 6.56. The van der Waals surface area contributed by atoms with Crippen LogP contribution in [0.1, 0.15) is 39.2 Å². The molecule has 0 bridgehead atoms. The van der Waals surface area contributed by atoms with Gasteiger partial charge in [0.25, 0.3) is 0 Å². The predicted octanol–water partition coefficient (Wildman–Crippen LogP) is 1.79. The molecule has 6 nitrogen and oxygen atoms in total. The quantitative estimate of drug-likeness (QED) is 0.610. The van der Waals surface area contributed by atoms with Crippen LogP contribution in [-0.4, -0.2) is 26.9 Å². The lowest BCUT2D eigenvalue weighted by molar-refractivity contribution is -0.122. The normalized spacial score (nSPS) is 12.5. The maximum absolute atomic E-state index is 12.1. The summed E-state index contributed by atoms with van der Waals surface area (Å²) in [6.07, 6.45) is 1.50. The number of rotatable bonds is 9. The third-order valence-electron chi connectivity index (χ3n) is 3.32. The fourth-order valence-corrected chi connectivity index (χ4v) is 3.12. The van der Waals surface area contributed by atoms with Crippen molar-refractivity contribution in [2.24, 2.45) is 11.7 Å². The van der Waals surface area contributed by atoms with Crippen LogP contribution in [0.25, 0.3) is 0 Å². The first-order valence-electron chi connectivity index (χ1n) is 7.88. The molecule has 0 radical (unpaired) electrons. The molecule has 1 amide bonds. The van der Waals surface area contributed by atoms with Crippen molar-refractivity contribution in [3.63, 3.8) is 0 Å². The van der Waals surface area contributed by atoms with Gasteiger partial charge >= 0.3 is 0 Å². The SMILES string of the molecule is CCCC(N)C(=O)NCc1ccc(S(=O)(=O)NCC(C)C)cc1.Cl. The minimum Gasteiger partial charge on any atom is -0.351 e. The number of carbonyl (C=O) groups excluding carboxylic acids is 1. The van der Waals surface area contributed by atoms with E-state index in [1.165, 1.54) is 12.1 Å². The third kappa shape index (κ3) is 7.61. The van der Waals surface area contributed by atoms with Crippen molar-refractivity contribution in [2.75, 3.05) is 6.54 Å². The predicted molar refractivity (Wildman–Crippen MR) is 98.4 cm³/mol. The van der Waals surface area contributed by atoms with E-state index in [-0.39, 0.29) is 29.1 Å². The van der Waals surface area contributed by atoms with Crippen molar-refractivity contribution in [1.29, 1.82) is 0 Å². The van der Waals surface area contributed by atoms with Gasteiger partial charge in [0.2, 0.25) is 15.9 Å². The minimum absolute atomic E-state index is 0. The second kappa shape index (κ2) is 10.7. The molecule has 0 heterocycles. The number of nitrogens with one attached hydrogen (secondary N) is 2. The highest BCUT2D eigenvalue weighted by atomic mass is 35.5. The van der Waals surface area contributed by atoms with Crippen molar-refractivity contribution in [3.8, 4) is 0 Å². The number of carbonyl (C=O) groups is 1.